The minimum Gasteiger partial charge on any atom is -0.493 e. The molecule has 7 rings (SSSR count). The number of halogens is 2. The van der Waals surface area contributed by atoms with Gasteiger partial charge in [0.2, 0.25) is 0 Å². The van der Waals surface area contributed by atoms with Gasteiger partial charge >= 0.3 is 0 Å². The zero-order chi connectivity index (χ0) is 51.7. The summed E-state index contributed by atoms with van der Waals surface area (Å²) in [6.45, 7) is 11.7. The Kier molecular flexibility index (Phi) is 24.3. The Balaban J connectivity index is 1.29. The van der Waals surface area contributed by atoms with Crippen LogP contribution < -0.4 is 18.9 Å². The highest BCUT2D eigenvalue weighted by molar-refractivity contribution is 14.1. The average molecular weight is 1180 g/mol. The summed E-state index contributed by atoms with van der Waals surface area (Å²) in [7, 11) is 0. The lowest BCUT2D eigenvalue weighted by Gasteiger charge is -2.14. The summed E-state index contributed by atoms with van der Waals surface area (Å²) in [5, 5.41) is 0. The maximum absolute atomic E-state index is 6.55. The van der Waals surface area contributed by atoms with Crippen molar-refractivity contribution in [3.63, 3.8) is 0 Å². The molecule has 3 aromatic heterocycles. The fraction of sp³-hybridized carbons (Fsp3) is 0.500. The first-order chi connectivity index (χ1) is 36.4. The highest BCUT2D eigenvalue weighted by Gasteiger charge is 2.19. The monoisotopic (exact) mass is 1180 g/mol. The second-order valence-corrected chi connectivity index (χ2v) is 22.1. The van der Waals surface area contributed by atoms with Crippen LogP contribution in [-0.2, 0) is 0 Å². The fourth-order valence-electron chi connectivity index (χ4n) is 9.80. The number of aromatic amines is 2. The topological polar surface area (TPSA) is 94.3 Å². The molecule has 0 saturated carbocycles. The van der Waals surface area contributed by atoms with Crippen LogP contribution in [0.3, 0.4) is 0 Å². The normalized spacial score (nSPS) is 12.0. The summed E-state index contributed by atoms with van der Waals surface area (Å²) >= 11 is 6.47. The van der Waals surface area contributed by atoms with Crippen LogP contribution >= 0.6 is 38.5 Å². The number of fused-ring (bicyclic) bond motifs is 8. The molecule has 10 heteroatoms. The van der Waals surface area contributed by atoms with E-state index >= 15 is 0 Å². The zero-order valence-electron chi connectivity index (χ0n) is 45.2. The summed E-state index contributed by atoms with van der Waals surface area (Å²) in [5.41, 5.74) is 11.1. The van der Waals surface area contributed by atoms with E-state index in [0.717, 1.165) is 124 Å². The Hall–Kier alpha value is -4.55. The van der Waals surface area contributed by atoms with Gasteiger partial charge in [-0.3, -0.25) is 0 Å². The van der Waals surface area contributed by atoms with Gasteiger partial charge in [-0.1, -0.05) is 156 Å². The summed E-state index contributed by atoms with van der Waals surface area (Å²) in [6, 6.07) is 21.4. The first-order valence-corrected chi connectivity index (χ1v) is 30.6. The molecule has 2 aliphatic rings. The molecule has 0 unspecified atom stereocenters. The molecule has 2 aromatic carbocycles. The minimum atomic E-state index is 0.668. The van der Waals surface area contributed by atoms with Crippen molar-refractivity contribution in [1.82, 2.24) is 19.9 Å². The molecule has 0 amide bonds. The molecule has 2 aliphatic heterocycles. The van der Waals surface area contributed by atoms with Crippen molar-refractivity contribution in [3.05, 3.63) is 91.5 Å². The maximum Gasteiger partial charge on any atom is 0.123 e. The predicted octanol–water partition coefficient (Wildman–Crippen LogP) is 20.3. The average Bonchev–Trinajstić information content (AvgIpc) is 4.27. The first kappa shape index (κ1) is 57.2. The van der Waals surface area contributed by atoms with Crippen molar-refractivity contribution in [3.8, 4) is 45.3 Å². The van der Waals surface area contributed by atoms with Crippen LogP contribution in [0.25, 0.3) is 68.6 Å². The Labute approximate surface area is 465 Å². The van der Waals surface area contributed by atoms with E-state index in [4.69, 9.17) is 28.9 Å². The van der Waals surface area contributed by atoms with E-state index in [0.29, 0.717) is 26.4 Å². The third-order valence-corrected chi connectivity index (χ3v) is 16.0. The summed E-state index contributed by atoms with van der Waals surface area (Å²) in [4.78, 5) is 18.4. The van der Waals surface area contributed by atoms with E-state index in [1.807, 2.05) is 0 Å². The lowest BCUT2D eigenvalue weighted by Crippen LogP contribution is -2.01. The molecule has 2 N–H and O–H groups in total. The van der Waals surface area contributed by atoms with Crippen molar-refractivity contribution in [2.75, 3.05) is 26.4 Å². The molecule has 0 fully saturated rings. The molecule has 8 nitrogen and oxygen atoms in total. The molecular weight excluding hydrogens is 1100 g/mol. The van der Waals surface area contributed by atoms with Crippen molar-refractivity contribution >= 4 is 84.9 Å². The number of ether oxygens (including phenoxy) is 4. The number of aromatic nitrogens is 4. The summed E-state index contributed by atoms with van der Waals surface area (Å²) in [5.74, 6) is 3.25. The van der Waals surface area contributed by atoms with Crippen LogP contribution in [-0.4, -0.2) is 46.4 Å². The van der Waals surface area contributed by atoms with E-state index in [2.05, 4.69) is 161 Å². The van der Waals surface area contributed by atoms with Crippen LogP contribution in [0.2, 0.25) is 0 Å². The van der Waals surface area contributed by atoms with Gasteiger partial charge in [0.1, 0.15) is 23.0 Å². The van der Waals surface area contributed by atoms with Gasteiger partial charge in [-0.2, -0.15) is 0 Å². The van der Waals surface area contributed by atoms with Gasteiger partial charge in [-0.05, 0) is 148 Å². The molecule has 0 spiro atoms. The predicted molar refractivity (Wildman–Crippen MR) is 326 cm³/mol. The molecule has 0 aliphatic carbocycles. The molecule has 0 atom stereocenters. The second-order valence-electron chi connectivity index (χ2n) is 20.2. The maximum atomic E-state index is 6.55. The van der Waals surface area contributed by atoms with Gasteiger partial charge in [0.15, 0.2) is 0 Å². The number of nitrogens with zero attached hydrogens (tertiary/aromatic N) is 2. The Morgan fingerprint density at radius 2 is 0.689 bits per heavy atom. The lowest BCUT2D eigenvalue weighted by atomic mass is 10.0. The van der Waals surface area contributed by atoms with Crippen LogP contribution in [0.4, 0.5) is 0 Å². The minimum absolute atomic E-state index is 0.668. The highest BCUT2D eigenvalue weighted by atomic mass is 127. The third kappa shape index (κ3) is 17.2. The van der Waals surface area contributed by atoms with E-state index in [-0.39, 0.29) is 0 Å². The van der Waals surface area contributed by atoms with Gasteiger partial charge in [0.05, 0.1) is 68.3 Å². The van der Waals surface area contributed by atoms with Crippen LogP contribution in [0.5, 0.6) is 23.0 Å². The number of hydrogen-bond acceptors (Lipinski definition) is 6. The number of unbranched alkanes of at least 4 members (excludes halogenated alkanes) is 20. The number of rotatable bonds is 34. The highest BCUT2D eigenvalue weighted by Crippen LogP contribution is 2.40. The standard InChI is InChI=1S/C64H84BrIN4O4/c1-5-9-13-17-21-25-37-71-49-41-47(42-50(45-49)72-38-26-22-18-14-10-6-2)61-53-29-33-57(67-53)63(65)58-34-30-54(68-58)62(56-32-36-60(70-56)64(66)59-35-31-55(61)69-59)48-43-51(73-39-27-23-19-15-11-7-3)46-52(44-48)74-40-28-24-20-16-12-8-4/h29-36,41-46,67,70H,5-28,37-40H2,1-4H3. The molecule has 398 valence electrons. The van der Waals surface area contributed by atoms with Crippen LogP contribution in [0, 0.1) is 3.57 Å². The molecule has 74 heavy (non-hydrogen) atoms. The fourth-order valence-corrected chi connectivity index (χ4v) is 10.9. The number of benzene rings is 2. The van der Waals surface area contributed by atoms with E-state index in [1.54, 1.807) is 0 Å². The van der Waals surface area contributed by atoms with Crippen molar-refractivity contribution < 1.29 is 18.9 Å². The first-order valence-electron chi connectivity index (χ1n) is 28.7. The lowest BCUT2D eigenvalue weighted by molar-refractivity contribution is 0.289. The van der Waals surface area contributed by atoms with Gasteiger partial charge in [-0.25, -0.2) is 9.97 Å². The Morgan fingerprint density at radius 1 is 0.378 bits per heavy atom. The van der Waals surface area contributed by atoms with Crippen LogP contribution in [0.15, 0.2) is 65.1 Å². The largest absolute Gasteiger partial charge is 0.493 e. The quantitative estimate of drug-likeness (QED) is 0.0308. The summed E-state index contributed by atoms with van der Waals surface area (Å²) < 4.78 is 28.1. The van der Waals surface area contributed by atoms with Crippen LogP contribution in [0.1, 0.15) is 205 Å². The van der Waals surface area contributed by atoms with Crippen molar-refractivity contribution in [1.29, 1.82) is 0 Å². The van der Waals surface area contributed by atoms with Crippen molar-refractivity contribution in [2.45, 2.75) is 182 Å². The molecule has 5 heterocycles. The zero-order valence-corrected chi connectivity index (χ0v) is 48.9. The number of nitrogens with one attached hydrogen (secondary N) is 2. The SMILES string of the molecule is CCCCCCCCOc1cc(OCCCCCCCC)cc(-c2c3nc(c(I)c4ccc([nH]4)c(-c4cc(OCCCCCCCC)cc(OCCCCCCCC)c4)c4nc(c(Br)c5ccc2[nH]5)C=C4)C=C3)c1. The van der Waals surface area contributed by atoms with Gasteiger partial charge in [-0.15, -0.1) is 0 Å². The van der Waals surface area contributed by atoms with E-state index in [9.17, 15) is 0 Å². The van der Waals surface area contributed by atoms with Gasteiger partial charge in [0.25, 0.3) is 0 Å². The number of hydrogen-bond donors (Lipinski definition) is 2. The van der Waals surface area contributed by atoms with Crippen molar-refractivity contribution in [2.24, 2.45) is 0 Å². The molecule has 5 aromatic rings. The molecule has 0 radical (unpaired) electrons. The molecule has 0 saturated heterocycles. The number of H-pyrrole nitrogens is 2. The van der Waals surface area contributed by atoms with Gasteiger partial charge in [0, 0.05) is 34.3 Å². The second kappa shape index (κ2) is 31.5. The molecule has 8 bridgehead atoms. The summed E-state index contributed by atoms with van der Waals surface area (Å²) in [6.07, 6.45) is 37.5. The smallest absolute Gasteiger partial charge is 0.123 e. The molecular formula is C64H84BrIN4O4. The van der Waals surface area contributed by atoms with E-state index in [1.165, 1.54) is 128 Å². The van der Waals surface area contributed by atoms with Gasteiger partial charge < -0.3 is 28.9 Å². The Bertz CT molecular complexity index is 2500. The third-order valence-electron chi connectivity index (χ3n) is 14.0. The van der Waals surface area contributed by atoms with E-state index < -0.39 is 0 Å². The Morgan fingerprint density at radius 3 is 1.09 bits per heavy atom.